The molecule has 0 aromatic carbocycles. The molecule has 20 heavy (non-hydrogen) atoms. The Balaban J connectivity index is 2.46. The predicted octanol–water partition coefficient (Wildman–Crippen LogP) is 0.180. The van der Waals surface area contributed by atoms with Crippen molar-refractivity contribution >= 4 is 24.5 Å². The van der Waals surface area contributed by atoms with Crippen LogP contribution in [0.1, 0.15) is 6.92 Å². The molecule has 0 spiro atoms. The molecule has 0 aromatic heterocycles. The molecule has 1 atom stereocenters. The van der Waals surface area contributed by atoms with Crippen molar-refractivity contribution in [2.45, 2.75) is 13.0 Å². The third-order valence-corrected chi connectivity index (χ3v) is 3.04. The van der Waals surface area contributed by atoms with Gasteiger partial charge in [0.1, 0.15) is 12.7 Å². The molecule has 1 aliphatic rings. The minimum Gasteiger partial charge on any atom is -0.472 e. The van der Waals surface area contributed by atoms with E-state index >= 15 is 0 Å². The van der Waals surface area contributed by atoms with Crippen LogP contribution in [0, 0.1) is 5.41 Å². The lowest BCUT2D eigenvalue weighted by Crippen LogP contribution is -2.45. The first-order chi connectivity index (χ1) is 9.72. The van der Waals surface area contributed by atoms with Gasteiger partial charge in [0.2, 0.25) is 0 Å². The first-order valence-corrected chi connectivity index (χ1v) is 7.15. The number of amidine groups is 1. The van der Waals surface area contributed by atoms with Gasteiger partial charge in [-0.2, -0.15) is 4.40 Å². The molecule has 0 unspecified atom stereocenters. The maximum absolute atomic E-state index is 8.10. The molecular weight excluding hydrogens is 280 g/mol. The van der Waals surface area contributed by atoms with Gasteiger partial charge >= 0.3 is 0 Å². The van der Waals surface area contributed by atoms with Crippen molar-refractivity contribution in [3.05, 3.63) is 0 Å². The number of hydrogen-bond acceptors (Lipinski definition) is 7. The van der Waals surface area contributed by atoms with E-state index in [1.54, 1.807) is 0 Å². The van der Waals surface area contributed by atoms with Crippen LogP contribution in [0.15, 0.2) is 4.40 Å². The monoisotopic (exact) mass is 304 g/mol. The Bertz CT molecular complexity index is 316. The molecule has 1 aliphatic heterocycles. The largest absolute Gasteiger partial charge is 0.472 e. The predicted molar refractivity (Wildman–Crippen MR) is 81.8 cm³/mol. The van der Waals surface area contributed by atoms with E-state index in [0.717, 1.165) is 0 Å². The van der Waals surface area contributed by atoms with E-state index in [4.69, 9.17) is 19.6 Å². The standard InChI is InChI=1S/C12H24N4O3S/c1-3-18-10(8-14-2)9-19-12(15-20)11(13)16-4-6-17-7-5-16/h10,13-14,20H,3-9H2,1-2H3/b13-11?,15-12+/t10-/m0/s1. The Morgan fingerprint density at radius 1 is 1.50 bits per heavy atom. The van der Waals surface area contributed by atoms with E-state index in [0.29, 0.717) is 46.1 Å². The Hall–Kier alpha value is -0.830. The Morgan fingerprint density at radius 2 is 2.20 bits per heavy atom. The van der Waals surface area contributed by atoms with Crippen molar-refractivity contribution in [3.63, 3.8) is 0 Å². The molecule has 2 N–H and O–H groups in total. The lowest BCUT2D eigenvalue weighted by molar-refractivity contribution is 0.0261. The van der Waals surface area contributed by atoms with Crippen molar-refractivity contribution in [3.8, 4) is 0 Å². The smallest absolute Gasteiger partial charge is 0.263 e. The highest BCUT2D eigenvalue weighted by Gasteiger charge is 2.20. The molecule has 0 bridgehead atoms. The van der Waals surface area contributed by atoms with Crippen LogP contribution in [0.4, 0.5) is 0 Å². The number of hydrogen-bond donors (Lipinski definition) is 3. The summed E-state index contributed by atoms with van der Waals surface area (Å²) in [5, 5.41) is 11.1. The van der Waals surface area contributed by atoms with Gasteiger partial charge in [-0.05, 0) is 26.8 Å². The highest BCUT2D eigenvalue weighted by atomic mass is 32.1. The highest BCUT2D eigenvalue weighted by molar-refractivity contribution is 7.79. The second-order valence-electron chi connectivity index (χ2n) is 4.30. The first-order valence-electron chi connectivity index (χ1n) is 6.75. The van der Waals surface area contributed by atoms with Crippen LogP contribution < -0.4 is 5.32 Å². The van der Waals surface area contributed by atoms with Crippen molar-refractivity contribution in [1.29, 1.82) is 5.41 Å². The lowest BCUT2D eigenvalue weighted by Gasteiger charge is -2.29. The summed E-state index contributed by atoms with van der Waals surface area (Å²) in [4.78, 5) is 1.87. The van der Waals surface area contributed by atoms with Gasteiger partial charge in [0.15, 0.2) is 5.84 Å². The summed E-state index contributed by atoms with van der Waals surface area (Å²) >= 11 is 3.89. The summed E-state index contributed by atoms with van der Waals surface area (Å²) in [5.74, 6) is 0.457. The van der Waals surface area contributed by atoms with E-state index in [1.165, 1.54) is 0 Å². The number of thiol groups is 1. The molecule has 7 nitrogen and oxygen atoms in total. The molecule has 1 rings (SSSR count). The van der Waals surface area contributed by atoms with Crippen LogP contribution in [0.5, 0.6) is 0 Å². The van der Waals surface area contributed by atoms with E-state index in [2.05, 4.69) is 22.5 Å². The van der Waals surface area contributed by atoms with Crippen LogP contribution >= 0.6 is 12.8 Å². The van der Waals surface area contributed by atoms with Gasteiger partial charge in [-0.1, -0.05) is 0 Å². The SMILES string of the molecule is CCO[C@@H](CNC)CO/C(=N/S)C(=N)N1CCOCC1. The van der Waals surface area contributed by atoms with E-state index < -0.39 is 0 Å². The Labute approximate surface area is 125 Å². The van der Waals surface area contributed by atoms with E-state index in [1.807, 2.05) is 18.9 Å². The Morgan fingerprint density at radius 3 is 2.75 bits per heavy atom. The minimum absolute atomic E-state index is 0.0763. The first kappa shape index (κ1) is 17.2. The summed E-state index contributed by atoms with van der Waals surface area (Å²) < 4.78 is 20.1. The Kier molecular flexibility index (Phi) is 8.59. The molecule has 0 aliphatic carbocycles. The zero-order valence-electron chi connectivity index (χ0n) is 12.1. The molecule has 1 fully saturated rings. The zero-order chi connectivity index (χ0) is 14.8. The molecule has 1 saturated heterocycles. The third kappa shape index (κ3) is 5.66. The third-order valence-electron chi connectivity index (χ3n) is 2.86. The van der Waals surface area contributed by atoms with Gasteiger partial charge in [-0.3, -0.25) is 5.41 Å². The molecule has 8 heteroatoms. The maximum Gasteiger partial charge on any atom is 0.263 e. The second-order valence-corrected chi connectivity index (χ2v) is 4.50. The maximum atomic E-state index is 8.10. The second kappa shape index (κ2) is 9.98. The van der Waals surface area contributed by atoms with Gasteiger partial charge < -0.3 is 24.4 Å². The summed E-state index contributed by atoms with van der Waals surface area (Å²) in [6.45, 7) is 6.13. The fourth-order valence-corrected chi connectivity index (χ4v) is 2.02. The van der Waals surface area contributed by atoms with Crippen LogP contribution in [-0.4, -0.2) is 75.8 Å². The average molecular weight is 304 g/mol. The normalized spacial score (nSPS) is 17.9. The van der Waals surface area contributed by atoms with Gasteiger partial charge in [-0.15, -0.1) is 0 Å². The molecule has 0 aromatic rings. The quantitative estimate of drug-likeness (QED) is 0.371. The van der Waals surface area contributed by atoms with Gasteiger partial charge in [-0.25, -0.2) is 0 Å². The summed E-state index contributed by atoms with van der Waals surface area (Å²) in [6.07, 6.45) is -0.0763. The van der Waals surface area contributed by atoms with Crippen molar-refractivity contribution < 1.29 is 14.2 Å². The van der Waals surface area contributed by atoms with Gasteiger partial charge in [0.05, 0.1) is 13.2 Å². The molecule has 0 radical (unpaired) electrons. The van der Waals surface area contributed by atoms with Crippen molar-refractivity contribution in [1.82, 2.24) is 10.2 Å². The van der Waals surface area contributed by atoms with Crippen molar-refractivity contribution in [2.75, 3.05) is 53.1 Å². The van der Waals surface area contributed by atoms with E-state index in [-0.39, 0.29) is 17.8 Å². The summed E-state index contributed by atoms with van der Waals surface area (Å²) in [6, 6.07) is 0. The number of ether oxygens (including phenoxy) is 3. The topological polar surface area (TPSA) is 79.2 Å². The van der Waals surface area contributed by atoms with Gasteiger partial charge in [0.25, 0.3) is 5.90 Å². The highest BCUT2D eigenvalue weighted by Crippen LogP contribution is 2.03. The van der Waals surface area contributed by atoms with Gasteiger partial charge in [0, 0.05) is 26.2 Å². The number of rotatable bonds is 6. The van der Waals surface area contributed by atoms with Crippen LogP contribution in [-0.2, 0) is 14.2 Å². The summed E-state index contributed by atoms with van der Waals surface area (Å²) in [5.41, 5.74) is 0. The van der Waals surface area contributed by atoms with Crippen molar-refractivity contribution in [2.24, 2.45) is 4.40 Å². The number of morpholine rings is 1. The van der Waals surface area contributed by atoms with E-state index in [9.17, 15) is 0 Å². The molecule has 0 amide bonds. The zero-order valence-corrected chi connectivity index (χ0v) is 13.0. The summed E-state index contributed by atoms with van der Waals surface area (Å²) in [7, 11) is 1.86. The van der Waals surface area contributed by atoms with Crippen LogP contribution in [0.3, 0.4) is 0 Å². The molecular formula is C12H24N4O3S. The van der Waals surface area contributed by atoms with Crippen LogP contribution in [0.2, 0.25) is 0 Å². The number of nitrogens with zero attached hydrogens (tertiary/aromatic N) is 2. The fourth-order valence-electron chi connectivity index (χ4n) is 1.87. The minimum atomic E-state index is -0.0763. The van der Waals surface area contributed by atoms with Crippen LogP contribution in [0.25, 0.3) is 0 Å². The molecule has 116 valence electrons. The fraction of sp³-hybridized carbons (Fsp3) is 0.833. The average Bonchev–Trinajstić information content (AvgIpc) is 2.49. The molecule has 0 saturated carbocycles. The number of likely N-dealkylation sites (N-methyl/N-ethyl adjacent to an activating group) is 1. The molecule has 1 heterocycles. The number of nitrogens with one attached hydrogen (secondary N) is 2. The lowest BCUT2D eigenvalue weighted by atomic mass is 10.3.